The standard InChI is InChI=1S/C17H18N6O/c24-16(12-15-13-4-1-2-5-14(13)20-21-15)22-8-10-23(11-9-22)17-18-6-3-7-19-17/h1-7H,8-12H2,(H,20,21). The van der Waals surface area contributed by atoms with Gasteiger partial charge in [-0.05, 0) is 12.1 Å². The first-order valence-electron chi connectivity index (χ1n) is 8.03. The van der Waals surface area contributed by atoms with Crippen LogP contribution in [0.3, 0.4) is 0 Å². The molecule has 0 atom stereocenters. The number of H-pyrrole nitrogens is 1. The lowest BCUT2D eigenvalue weighted by Gasteiger charge is -2.34. The molecule has 0 unspecified atom stereocenters. The molecule has 4 rings (SSSR count). The van der Waals surface area contributed by atoms with Crippen molar-refractivity contribution in [2.24, 2.45) is 0 Å². The van der Waals surface area contributed by atoms with Crippen LogP contribution in [-0.4, -0.2) is 57.2 Å². The van der Waals surface area contributed by atoms with E-state index in [-0.39, 0.29) is 5.91 Å². The van der Waals surface area contributed by atoms with Crippen molar-refractivity contribution in [3.05, 3.63) is 48.4 Å². The zero-order valence-electron chi connectivity index (χ0n) is 13.2. The Balaban J connectivity index is 1.40. The van der Waals surface area contributed by atoms with Crippen LogP contribution < -0.4 is 4.90 Å². The van der Waals surface area contributed by atoms with Gasteiger partial charge in [0, 0.05) is 44.0 Å². The summed E-state index contributed by atoms with van der Waals surface area (Å²) >= 11 is 0. The Morgan fingerprint density at radius 1 is 1.04 bits per heavy atom. The van der Waals surface area contributed by atoms with Gasteiger partial charge in [-0.15, -0.1) is 0 Å². The molecule has 1 N–H and O–H groups in total. The van der Waals surface area contributed by atoms with Crippen molar-refractivity contribution in [3.8, 4) is 0 Å². The molecule has 0 saturated carbocycles. The molecule has 2 aromatic heterocycles. The summed E-state index contributed by atoms with van der Waals surface area (Å²) in [5.41, 5.74) is 1.77. The number of anilines is 1. The highest BCUT2D eigenvalue weighted by molar-refractivity contribution is 5.87. The second-order valence-electron chi connectivity index (χ2n) is 5.81. The molecule has 1 aromatic carbocycles. The van der Waals surface area contributed by atoms with Crippen molar-refractivity contribution in [2.45, 2.75) is 6.42 Å². The maximum Gasteiger partial charge on any atom is 0.228 e. The number of piperazine rings is 1. The summed E-state index contributed by atoms with van der Waals surface area (Å²) in [7, 11) is 0. The van der Waals surface area contributed by atoms with Gasteiger partial charge >= 0.3 is 0 Å². The molecule has 1 amide bonds. The van der Waals surface area contributed by atoms with Gasteiger partial charge in [-0.25, -0.2) is 9.97 Å². The predicted octanol–water partition coefficient (Wildman–Crippen LogP) is 1.24. The van der Waals surface area contributed by atoms with Gasteiger partial charge in [-0.1, -0.05) is 18.2 Å². The minimum atomic E-state index is 0.123. The van der Waals surface area contributed by atoms with Gasteiger partial charge in [0.1, 0.15) is 0 Å². The number of amides is 1. The quantitative estimate of drug-likeness (QED) is 0.785. The molecular weight excluding hydrogens is 304 g/mol. The van der Waals surface area contributed by atoms with E-state index < -0.39 is 0 Å². The van der Waals surface area contributed by atoms with E-state index >= 15 is 0 Å². The van der Waals surface area contributed by atoms with Crippen LogP contribution in [0.25, 0.3) is 10.9 Å². The number of fused-ring (bicyclic) bond motifs is 1. The Labute approximate surface area is 139 Å². The lowest BCUT2D eigenvalue weighted by molar-refractivity contribution is -0.130. The summed E-state index contributed by atoms with van der Waals surface area (Å²) in [5, 5.41) is 8.25. The van der Waals surface area contributed by atoms with E-state index in [0.717, 1.165) is 35.6 Å². The number of hydrogen-bond donors (Lipinski definition) is 1. The first kappa shape index (κ1) is 14.6. The lowest BCUT2D eigenvalue weighted by atomic mass is 10.1. The van der Waals surface area contributed by atoms with Crippen molar-refractivity contribution in [1.29, 1.82) is 0 Å². The molecule has 7 nitrogen and oxygen atoms in total. The summed E-state index contributed by atoms with van der Waals surface area (Å²) in [6, 6.07) is 9.65. The van der Waals surface area contributed by atoms with Crippen molar-refractivity contribution in [2.75, 3.05) is 31.1 Å². The first-order chi connectivity index (χ1) is 11.8. The highest BCUT2D eigenvalue weighted by Crippen LogP contribution is 2.17. The fourth-order valence-corrected chi connectivity index (χ4v) is 3.02. The smallest absolute Gasteiger partial charge is 0.228 e. The van der Waals surface area contributed by atoms with Crippen LogP contribution in [0.1, 0.15) is 5.69 Å². The number of carbonyl (C=O) groups excluding carboxylic acids is 1. The number of nitrogens with zero attached hydrogens (tertiary/aromatic N) is 5. The summed E-state index contributed by atoms with van der Waals surface area (Å²) < 4.78 is 0. The lowest BCUT2D eigenvalue weighted by Crippen LogP contribution is -2.49. The summed E-state index contributed by atoms with van der Waals surface area (Å²) in [5.74, 6) is 0.849. The number of rotatable bonds is 3. The van der Waals surface area contributed by atoms with Crippen molar-refractivity contribution < 1.29 is 4.79 Å². The third kappa shape index (κ3) is 2.80. The minimum Gasteiger partial charge on any atom is -0.339 e. The van der Waals surface area contributed by atoms with Crippen LogP contribution in [0.4, 0.5) is 5.95 Å². The molecule has 0 spiro atoms. The molecule has 24 heavy (non-hydrogen) atoms. The van der Waals surface area contributed by atoms with Crippen LogP contribution in [0.2, 0.25) is 0 Å². The first-order valence-corrected chi connectivity index (χ1v) is 8.03. The van der Waals surface area contributed by atoms with E-state index in [4.69, 9.17) is 0 Å². The highest BCUT2D eigenvalue weighted by Gasteiger charge is 2.23. The van der Waals surface area contributed by atoms with E-state index in [1.807, 2.05) is 29.2 Å². The molecular formula is C17H18N6O. The molecule has 1 aliphatic heterocycles. The summed E-state index contributed by atoms with van der Waals surface area (Å²) in [6.07, 6.45) is 3.83. The molecule has 0 bridgehead atoms. The highest BCUT2D eigenvalue weighted by atomic mass is 16.2. The topological polar surface area (TPSA) is 78.0 Å². The predicted molar refractivity (Wildman–Crippen MR) is 90.6 cm³/mol. The van der Waals surface area contributed by atoms with Gasteiger partial charge < -0.3 is 9.80 Å². The van der Waals surface area contributed by atoms with Gasteiger partial charge in [0.15, 0.2) is 0 Å². The number of aromatic amines is 1. The second kappa shape index (κ2) is 6.27. The molecule has 1 fully saturated rings. The zero-order valence-corrected chi connectivity index (χ0v) is 13.2. The van der Waals surface area contributed by atoms with Crippen molar-refractivity contribution in [1.82, 2.24) is 25.1 Å². The van der Waals surface area contributed by atoms with E-state index in [2.05, 4.69) is 25.1 Å². The Morgan fingerprint density at radius 2 is 1.79 bits per heavy atom. The van der Waals surface area contributed by atoms with E-state index in [0.29, 0.717) is 19.5 Å². The zero-order chi connectivity index (χ0) is 16.4. The van der Waals surface area contributed by atoms with Crippen molar-refractivity contribution in [3.63, 3.8) is 0 Å². The van der Waals surface area contributed by atoms with E-state index in [1.165, 1.54) is 0 Å². The van der Waals surface area contributed by atoms with Crippen molar-refractivity contribution >= 4 is 22.8 Å². The third-order valence-electron chi connectivity index (χ3n) is 4.34. The number of benzene rings is 1. The fraction of sp³-hybridized carbons (Fsp3) is 0.294. The van der Waals surface area contributed by atoms with Gasteiger partial charge in [0.2, 0.25) is 11.9 Å². The van der Waals surface area contributed by atoms with E-state index in [9.17, 15) is 4.79 Å². The molecule has 0 aliphatic carbocycles. The van der Waals surface area contributed by atoms with Gasteiger partial charge in [0.25, 0.3) is 0 Å². The number of nitrogens with one attached hydrogen (secondary N) is 1. The minimum absolute atomic E-state index is 0.123. The number of para-hydroxylation sites is 1. The molecule has 3 aromatic rings. The second-order valence-corrected chi connectivity index (χ2v) is 5.81. The van der Waals surface area contributed by atoms with E-state index in [1.54, 1.807) is 18.5 Å². The van der Waals surface area contributed by atoms with Crippen LogP contribution in [0, 0.1) is 0 Å². The molecule has 0 radical (unpaired) electrons. The van der Waals surface area contributed by atoms with Gasteiger partial charge in [0.05, 0.1) is 17.6 Å². The Hall–Kier alpha value is -2.96. The maximum absolute atomic E-state index is 12.6. The van der Waals surface area contributed by atoms with Crippen LogP contribution >= 0.6 is 0 Å². The average Bonchev–Trinajstić information content (AvgIpc) is 3.06. The largest absolute Gasteiger partial charge is 0.339 e. The average molecular weight is 322 g/mol. The molecule has 1 aliphatic rings. The fourth-order valence-electron chi connectivity index (χ4n) is 3.02. The Kier molecular flexibility index (Phi) is 3.82. The SMILES string of the molecule is O=C(Cc1[nH]nc2ccccc12)N1CCN(c2ncccn2)CC1. The molecule has 122 valence electrons. The maximum atomic E-state index is 12.6. The number of hydrogen-bond acceptors (Lipinski definition) is 5. The van der Waals surface area contributed by atoms with Gasteiger partial charge in [-0.3, -0.25) is 9.89 Å². The molecule has 3 heterocycles. The monoisotopic (exact) mass is 322 g/mol. The Bertz CT molecular complexity index is 838. The Morgan fingerprint density at radius 3 is 2.58 bits per heavy atom. The molecule has 1 saturated heterocycles. The van der Waals surface area contributed by atoms with Crippen LogP contribution in [0.15, 0.2) is 42.7 Å². The number of carbonyl (C=O) groups is 1. The third-order valence-corrected chi connectivity index (χ3v) is 4.34. The molecule has 7 heteroatoms. The van der Waals surface area contributed by atoms with Gasteiger partial charge in [-0.2, -0.15) is 5.10 Å². The van der Waals surface area contributed by atoms with Crippen LogP contribution in [-0.2, 0) is 11.2 Å². The number of aromatic nitrogens is 4. The normalized spacial score (nSPS) is 15.0. The van der Waals surface area contributed by atoms with Crippen LogP contribution in [0.5, 0.6) is 0 Å². The summed E-state index contributed by atoms with van der Waals surface area (Å²) in [6.45, 7) is 2.87. The summed E-state index contributed by atoms with van der Waals surface area (Å²) in [4.78, 5) is 25.1.